The highest BCUT2D eigenvalue weighted by atomic mass is 16.3. The Morgan fingerprint density at radius 3 is 2.18 bits per heavy atom. The third kappa shape index (κ3) is 5.19. The highest BCUT2D eigenvalue weighted by Gasteiger charge is 2.17. The van der Waals surface area contributed by atoms with Gasteiger partial charge in [-0.3, -0.25) is 0 Å². The van der Waals surface area contributed by atoms with Gasteiger partial charge in [0.2, 0.25) is 0 Å². The van der Waals surface area contributed by atoms with Gasteiger partial charge in [0.05, 0.1) is 0 Å². The molecule has 0 saturated carbocycles. The predicted octanol–water partition coefficient (Wildman–Crippen LogP) is 4.20. The second-order valence-electron chi connectivity index (χ2n) is 6.14. The van der Waals surface area contributed by atoms with Crippen molar-refractivity contribution in [3.8, 4) is 5.75 Å². The van der Waals surface area contributed by atoms with Crippen molar-refractivity contribution in [3.63, 3.8) is 0 Å². The molecule has 2 nitrogen and oxygen atoms in total. The third-order valence-corrected chi connectivity index (χ3v) is 4.47. The van der Waals surface area contributed by atoms with Gasteiger partial charge in [-0.1, -0.05) is 49.4 Å². The zero-order chi connectivity index (χ0) is 15.8. The summed E-state index contributed by atoms with van der Waals surface area (Å²) < 4.78 is 0. The SMILES string of the molecule is CC(CCO)C(CCc1ccc(O)cc1)Cc1ccccc1. The Morgan fingerprint density at radius 2 is 1.55 bits per heavy atom. The van der Waals surface area contributed by atoms with Crippen molar-refractivity contribution < 1.29 is 10.2 Å². The monoisotopic (exact) mass is 298 g/mol. The molecule has 0 saturated heterocycles. The summed E-state index contributed by atoms with van der Waals surface area (Å²) in [7, 11) is 0. The van der Waals surface area contributed by atoms with Gasteiger partial charge in [0.1, 0.15) is 5.75 Å². The van der Waals surface area contributed by atoms with Crippen molar-refractivity contribution in [1.82, 2.24) is 0 Å². The van der Waals surface area contributed by atoms with Gasteiger partial charge >= 0.3 is 0 Å². The van der Waals surface area contributed by atoms with Crippen molar-refractivity contribution in [2.24, 2.45) is 11.8 Å². The number of phenolic OH excluding ortho intramolecular Hbond substituents is 1. The zero-order valence-electron chi connectivity index (χ0n) is 13.3. The van der Waals surface area contributed by atoms with Crippen LogP contribution in [0.2, 0.25) is 0 Å². The molecule has 2 aromatic rings. The highest BCUT2D eigenvalue weighted by molar-refractivity contribution is 5.26. The van der Waals surface area contributed by atoms with Crippen LogP contribution in [0.15, 0.2) is 54.6 Å². The summed E-state index contributed by atoms with van der Waals surface area (Å²) in [6.07, 6.45) is 4.02. The normalized spacial score (nSPS) is 13.7. The van der Waals surface area contributed by atoms with Gasteiger partial charge in [-0.05, 0) is 60.8 Å². The number of aliphatic hydroxyl groups excluding tert-OH is 1. The van der Waals surface area contributed by atoms with Crippen molar-refractivity contribution in [3.05, 3.63) is 65.7 Å². The second kappa shape index (κ2) is 8.60. The van der Waals surface area contributed by atoms with Crippen LogP contribution in [0.5, 0.6) is 5.75 Å². The lowest BCUT2D eigenvalue weighted by Gasteiger charge is -2.24. The summed E-state index contributed by atoms with van der Waals surface area (Å²) in [4.78, 5) is 0. The standard InChI is InChI=1S/C20H26O2/c1-16(13-14-21)19(15-18-5-3-2-4-6-18)10-7-17-8-11-20(22)12-9-17/h2-6,8-9,11-12,16,19,21-22H,7,10,13-15H2,1H3. The van der Waals surface area contributed by atoms with Crippen LogP contribution in [0.3, 0.4) is 0 Å². The van der Waals surface area contributed by atoms with Crippen molar-refractivity contribution >= 4 is 0 Å². The van der Waals surface area contributed by atoms with E-state index in [0.717, 1.165) is 25.7 Å². The lowest BCUT2D eigenvalue weighted by molar-refractivity contribution is 0.222. The molecule has 0 aliphatic heterocycles. The number of hydrogen-bond acceptors (Lipinski definition) is 2. The number of phenols is 1. The summed E-state index contributed by atoms with van der Waals surface area (Å²) >= 11 is 0. The Labute approximate surface area is 133 Å². The first-order chi connectivity index (χ1) is 10.7. The Bertz CT molecular complexity index is 533. The molecule has 2 atom stereocenters. The molecule has 0 fully saturated rings. The minimum absolute atomic E-state index is 0.256. The Hall–Kier alpha value is -1.80. The van der Waals surface area contributed by atoms with E-state index >= 15 is 0 Å². The zero-order valence-corrected chi connectivity index (χ0v) is 13.3. The van der Waals surface area contributed by atoms with Crippen LogP contribution in [0.1, 0.15) is 30.9 Å². The van der Waals surface area contributed by atoms with E-state index in [2.05, 4.69) is 31.2 Å². The maximum absolute atomic E-state index is 9.36. The predicted molar refractivity (Wildman–Crippen MR) is 90.9 cm³/mol. The Balaban J connectivity index is 1.99. The molecule has 0 bridgehead atoms. The first-order valence-electron chi connectivity index (χ1n) is 8.11. The highest BCUT2D eigenvalue weighted by Crippen LogP contribution is 2.25. The molecule has 2 rings (SSSR count). The van der Waals surface area contributed by atoms with E-state index in [-0.39, 0.29) is 6.61 Å². The van der Waals surface area contributed by atoms with E-state index in [0.29, 0.717) is 17.6 Å². The number of aromatic hydroxyl groups is 1. The topological polar surface area (TPSA) is 40.5 Å². The molecule has 2 heteroatoms. The van der Waals surface area contributed by atoms with Gasteiger partial charge in [-0.2, -0.15) is 0 Å². The molecule has 2 unspecified atom stereocenters. The van der Waals surface area contributed by atoms with Gasteiger partial charge in [-0.15, -0.1) is 0 Å². The molecule has 0 aliphatic carbocycles. The van der Waals surface area contributed by atoms with Crippen LogP contribution in [0.4, 0.5) is 0 Å². The summed E-state index contributed by atoms with van der Waals surface area (Å²) in [6.45, 7) is 2.49. The summed E-state index contributed by atoms with van der Waals surface area (Å²) in [5.74, 6) is 1.38. The van der Waals surface area contributed by atoms with Gasteiger partial charge in [0.15, 0.2) is 0 Å². The Morgan fingerprint density at radius 1 is 0.864 bits per heavy atom. The van der Waals surface area contributed by atoms with E-state index in [4.69, 9.17) is 0 Å². The molecule has 22 heavy (non-hydrogen) atoms. The van der Waals surface area contributed by atoms with Crippen LogP contribution in [0.25, 0.3) is 0 Å². The first-order valence-corrected chi connectivity index (χ1v) is 8.11. The van der Waals surface area contributed by atoms with Crippen LogP contribution in [-0.4, -0.2) is 16.8 Å². The van der Waals surface area contributed by atoms with E-state index in [1.54, 1.807) is 12.1 Å². The number of hydrogen-bond donors (Lipinski definition) is 2. The van der Waals surface area contributed by atoms with Crippen molar-refractivity contribution in [2.75, 3.05) is 6.61 Å². The van der Waals surface area contributed by atoms with E-state index < -0.39 is 0 Å². The smallest absolute Gasteiger partial charge is 0.115 e. The quantitative estimate of drug-likeness (QED) is 0.766. The summed E-state index contributed by atoms with van der Waals surface area (Å²) in [6, 6.07) is 18.1. The first kappa shape index (κ1) is 16.6. The van der Waals surface area contributed by atoms with Gasteiger partial charge in [0.25, 0.3) is 0 Å². The van der Waals surface area contributed by atoms with Crippen LogP contribution in [-0.2, 0) is 12.8 Å². The fourth-order valence-corrected chi connectivity index (χ4v) is 2.96. The second-order valence-corrected chi connectivity index (χ2v) is 6.14. The molecule has 0 heterocycles. The summed E-state index contributed by atoms with van der Waals surface area (Å²) in [5, 5.41) is 18.6. The van der Waals surface area contributed by atoms with Crippen LogP contribution < -0.4 is 0 Å². The number of rotatable bonds is 8. The molecule has 0 aliphatic rings. The molecule has 2 N–H and O–H groups in total. The lowest BCUT2D eigenvalue weighted by Crippen LogP contribution is -2.17. The molecule has 0 aromatic heterocycles. The largest absolute Gasteiger partial charge is 0.508 e. The number of aryl methyl sites for hydroxylation is 1. The average Bonchev–Trinajstić information content (AvgIpc) is 2.54. The number of aliphatic hydroxyl groups is 1. The minimum Gasteiger partial charge on any atom is -0.508 e. The van der Waals surface area contributed by atoms with Crippen LogP contribution >= 0.6 is 0 Å². The fraction of sp³-hybridized carbons (Fsp3) is 0.400. The fourth-order valence-electron chi connectivity index (χ4n) is 2.96. The van der Waals surface area contributed by atoms with E-state index in [1.807, 2.05) is 18.2 Å². The maximum atomic E-state index is 9.36. The number of benzene rings is 2. The van der Waals surface area contributed by atoms with Gasteiger partial charge in [-0.25, -0.2) is 0 Å². The molecule has 0 spiro atoms. The lowest BCUT2D eigenvalue weighted by atomic mass is 9.82. The molecule has 0 amide bonds. The Kier molecular flexibility index (Phi) is 6.47. The minimum atomic E-state index is 0.256. The maximum Gasteiger partial charge on any atom is 0.115 e. The molecule has 118 valence electrons. The summed E-state index contributed by atoms with van der Waals surface area (Å²) in [5.41, 5.74) is 2.62. The van der Waals surface area contributed by atoms with E-state index in [9.17, 15) is 10.2 Å². The molecular weight excluding hydrogens is 272 g/mol. The van der Waals surface area contributed by atoms with Gasteiger partial charge < -0.3 is 10.2 Å². The molecule has 0 radical (unpaired) electrons. The van der Waals surface area contributed by atoms with E-state index in [1.165, 1.54) is 11.1 Å². The third-order valence-electron chi connectivity index (χ3n) is 4.47. The average molecular weight is 298 g/mol. The molecule has 2 aromatic carbocycles. The van der Waals surface area contributed by atoms with Crippen LogP contribution in [0, 0.1) is 11.8 Å². The van der Waals surface area contributed by atoms with Crippen molar-refractivity contribution in [1.29, 1.82) is 0 Å². The molecular formula is C20H26O2. The van der Waals surface area contributed by atoms with Crippen molar-refractivity contribution in [2.45, 2.75) is 32.6 Å². The van der Waals surface area contributed by atoms with Gasteiger partial charge in [0, 0.05) is 6.61 Å².